The fraction of sp³-hybridized carbons (Fsp3) is 0.562. The van der Waals surface area contributed by atoms with Gasteiger partial charge in [0, 0.05) is 11.1 Å². The average Bonchev–Trinajstić information content (AvgIpc) is 3.33. The summed E-state index contributed by atoms with van der Waals surface area (Å²) in [6.07, 6.45) is -0.952. The van der Waals surface area contributed by atoms with Gasteiger partial charge in [-0.3, -0.25) is 4.79 Å². The summed E-state index contributed by atoms with van der Waals surface area (Å²) < 4.78 is 44.8. The molecule has 0 aliphatic heterocycles. The molecule has 0 spiro atoms. The zero-order chi connectivity index (χ0) is 16.0. The topological polar surface area (TPSA) is 38.3 Å². The first-order chi connectivity index (χ1) is 10.3. The van der Waals surface area contributed by atoms with Gasteiger partial charge in [0.05, 0.1) is 12.2 Å². The van der Waals surface area contributed by atoms with Crippen molar-refractivity contribution in [2.24, 2.45) is 11.3 Å². The molecule has 1 aromatic carbocycles. The van der Waals surface area contributed by atoms with Crippen LogP contribution in [0.3, 0.4) is 0 Å². The molecule has 22 heavy (non-hydrogen) atoms. The van der Waals surface area contributed by atoms with Crippen LogP contribution in [0, 0.1) is 11.3 Å². The molecule has 2 aliphatic rings. The molecule has 3 nitrogen and oxygen atoms in total. The van der Waals surface area contributed by atoms with Gasteiger partial charge in [-0.05, 0) is 49.8 Å². The third-order valence-electron chi connectivity index (χ3n) is 4.26. The second-order valence-electron chi connectivity index (χ2n) is 6.48. The van der Waals surface area contributed by atoms with Crippen LogP contribution in [0.15, 0.2) is 18.2 Å². The van der Waals surface area contributed by atoms with E-state index in [0.29, 0.717) is 12.5 Å². The highest BCUT2D eigenvalue weighted by Gasteiger charge is 2.45. The van der Waals surface area contributed by atoms with Crippen molar-refractivity contribution in [1.29, 1.82) is 0 Å². The maximum Gasteiger partial charge on any atom is 0.420 e. The number of halogens is 3. The maximum absolute atomic E-state index is 13.2. The zero-order valence-corrected chi connectivity index (χ0v) is 12.3. The third-order valence-corrected chi connectivity index (χ3v) is 4.26. The second-order valence-corrected chi connectivity index (χ2v) is 6.48. The number of nitrogens with one attached hydrogen (secondary N) is 1. The number of carbonyl (C=O) groups excluding carboxylic acids is 1. The molecule has 120 valence electrons. The summed E-state index contributed by atoms with van der Waals surface area (Å²) in [7, 11) is 0. The Balaban J connectivity index is 1.78. The molecule has 2 saturated carbocycles. The van der Waals surface area contributed by atoms with Gasteiger partial charge in [0.25, 0.3) is 0 Å². The predicted octanol–water partition coefficient (Wildman–Crippen LogP) is 4.23. The fourth-order valence-electron chi connectivity index (χ4n) is 2.14. The Labute approximate surface area is 126 Å². The fourth-order valence-corrected chi connectivity index (χ4v) is 2.14. The molecule has 0 bridgehead atoms. The molecule has 1 N–H and O–H groups in total. The van der Waals surface area contributed by atoms with Gasteiger partial charge in [-0.1, -0.05) is 6.92 Å². The van der Waals surface area contributed by atoms with Gasteiger partial charge >= 0.3 is 6.18 Å². The van der Waals surface area contributed by atoms with E-state index in [1.165, 1.54) is 12.1 Å². The lowest BCUT2D eigenvalue weighted by Crippen LogP contribution is -2.21. The molecule has 0 heterocycles. The quantitative estimate of drug-likeness (QED) is 0.883. The summed E-state index contributed by atoms with van der Waals surface area (Å²) in [6.45, 7) is 2.12. The van der Waals surface area contributed by atoms with E-state index in [1.807, 2.05) is 0 Å². The summed E-state index contributed by atoms with van der Waals surface area (Å²) in [5.74, 6) is -0.0300. The number of rotatable bonds is 5. The Morgan fingerprint density at radius 2 is 2.05 bits per heavy atom. The van der Waals surface area contributed by atoms with E-state index in [2.05, 4.69) is 5.32 Å². The Morgan fingerprint density at radius 1 is 1.36 bits per heavy atom. The highest BCUT2D eigenvalue weighted by Crippen LogP contribution is 2.46. The average molecular weight is 313 g/mol. The molecule has 0 atom stereocenters. The minimum absolute atomic E-state index is 0.157. The first-order valence-electron chi connectivity index (χ1n) is 7.43. The summed E-state index contributed by atoms with van der Waals surface area (Å²) in [5, 5.41) is 2.57. The van der Waals surface area contributed by atoms with Gasteiger partial charge in [-0.2, -0.15) is 13.2 Å². The van der Waals surface area contributed by atoms with Crippen LogP contribution >= 0.6 is 0 Å². The molecule has 0 aromatic heterocycles. The van der Waals surface area contributed by atoms with Gasteiger partial charge < -0.3 is 10.1 Å². The standard InChI is InChI=1S/C16H18F3NO2/c1-15(6-7-15)14(21)20-11-4-5-13(22-9-10-2-3-10)12(8-11)16(17,18)19/h4-5,8,10H,2-3,6-7,9H2,1H3,(H,20,21). The van der Waals surface area contributed by atoms with Crippen molar-refractivity contribution in [3.63, 3.8) is 0 Å². The van der Waals surface area contributed by atoms with Crippen molar-refractivity contribution in [2.75, 3.05) is 11.9 Å². The van der Waals surface area contributed by atoms with Gasteiger partial charge in [0.15, 0.2) is 0 Å². The lowest BCUT2D eigenvalue weighted by atomic mass is 10.1. The summed E-state index contributed by atoms with van der Waals surface area (Å²) in [6, 6.07) is 3.70. The lowest BCUT2D eigenvalue weighted by molar-refractivity contribution is -0.139. The van der Waals surface area contributed by atoms with E-state index in [4.69, 9.17) is 4.74 Å². The molecule has 1 aromatic rings. The molecule has 2 fully saturated rings. The van der Waals surface area contributed by atoms with Crippen LogP contribution in [0.25, 0.3) is 0 Å². The van der Waals surface area contributed by atoms with Crippen LogP contribution in [0.1, 0.15) is 38.2 Å². The molecule has 2 aliphatic carbocycles. The highest BCUT2D eigenvalue weighted by atomic mass is 19.4. The van der Waals surface area contributed by atoms with Gasteiger partial charge in [-0.15, -0.1) is 0 Å². The SMILES string of the molecule is CC1(C(=O)Nc2ccc(OCC3CC3)c(C(F)(F)F)c2)CC1. The van der Waals surface area contributed by atoms with Crippen molar-refractivity contribution in [3.05, 3.63) is 23.8 Å². The van der Waals surface area contributed by atoms with E-state index >= 15 is 0 Å². The van der Waals surface area contributed by atoms with Gasteiger partial charge in [0.1, 0.15) is 5.75 Å². The number of hydrogen-bond acceptors (Lipinski definition) is 2. The summed E-state index contributed by atoms with van der Waals surface area (Å²) in [5.41, 5.74) is -1.12. The zero-order valence-electron chi connectivity index (χ0n) is 12.3. The highest BCUT2D eigenvalue weighted by molar-refractivity contribution is 5.97. The van der Waals surface area contributed by atoms with E-state index < -0.39 is 17.2 Å². The minimum atomic E-state index is -4.51. The Hall–Kier alpha value is -1.72. The number of hydrogen-bond donors (Lipinski definition) is 1. The summed E-state index contributed by atoms with van der Waals surface area (Å²) >= 11 is 0. The van der Waals surface area contributed by atoms with Crippen LogP contribution in [-0.2, 0) is 11.0 Å². The van der Waals surface area contributed by atoms with Crippen molar-refractivity contribution in [3.8, 4) is 5.75 Å². The number of anilines is 1. The largest absolute Gasteiger partial charge is 0.493 e. The molecule has 1 amide bonds. The van der Waals surface area contributed by atoms with E-state index in [-0.39, 0.29) is 17.3 Å². The number of alkyl halides is 3. The van der Waals surface area contributed by atoms with Crippen LogP contribution in [0.2, 0.25) is 0 Å². The van der Waals surface area contributed by atoms with Crippen molar-refractivity contribution < 1.29 is 22.7 Å². The number of ether oxygens (including phenoxy) is 1. The summed E-state index contributed by atoms with van der Waals surface area (Å²) in [4.78, 5) is 11.9. The van der Waals surface area contributed by atoms with Gasteiger partial charge in [-0.25, -0.2) is 0 Å². The minimum Gasteiger partial charge on any atom is -0.493 e. The number of benzene rings is 1. The normalized spacial score (nSPS) is 19.6. The first-order valence-corrected chi connectivity index (χ1v) is 7.43. The van der Waals surface area contributed by atoms with Crippen LogP contribution in [-0.4, -0.2) is 12.5 Å². The Kier molecular flexibility index (Phi) is 3.57. The van der Waals surface area contributed by atoms with Crippen LogP contribution in [0.4, 0.5) is 18.9 Å². The third kappa shape index (κ3) is 3.36. The van der Waals surface area contributed by atoms with Crippen molar-refractivity contribution in [1.82, 2.24) is 0 Å². The molecule has 0 saturated heterocycles. The van der Waals surface area contributed by atoms with E-state index in [0.717, 1.165) is 31.7 Å². The van der Waals surface area contributed by atoms with Crippen molar-refractivity contribution >= 4 is 11.6 Å². The first kappa shape index (κ1) is 15.2. The molecule has 6 heteroatoms. The molecule has 0 unspecified atom stereocenters. The second kappa shape index (κ2) is 5.18. The molecular formula is C16H18F3NO2. The van der Waals surface area contributed by atoms with Crippen LogP contribution in [0.5, 0.6) is 5.75 Å². The molecule has 0 radical (unpaired) electrons. The lowest BCUT2D eigenvalue weighted by Gasteiger charge is -2.16. The predicted molar refractivity (Wildman–Crippen MR) is 75.6 cm³/mol. The monoisotopic (exact) mass is 313 g/mol. The van der Waals surface area contributed by atoms with Gasteiger partial charge in [0.2, 0.25) is 5.91 Å². The Bertz CT molecular complexity index is 590. The van der Waals surface area contributed by atoms with E-state index in [1.54, 1.807) is 6.92 Å². The molecule has 3 rings (SSSR count). The number of amides is 1. The molecular weight excluding hydrogens is 295 g/mol. The Morgan fingerprint density at radius 3 is 2.59 bits per heavy atom. The maximum atomic E-state index is 13.2. The van der Waals surface area contributed by atoms with E-state index in [9.17, 15) is 18.0 Å². The number of carbonyl (C=O) groups is 1. The van der Waals surface area contributed by atoms with Crippen molar-refractivity contribution in [2.45, 2.75) is 38.8 Å². The van der Waals surface area contributed by atoms with Crippen LogP contribution < -0.4 is 10.1 Å². The smallest absolute Gasteiger partial charge is 0.420 e.